The number of fused-ring (bicyclic) bond motifs is 1. The Hall–Kier alpha value is -2.90. The van der Waals surface area contributed by atoms with Gasteiger partial charge in [-0.2, -0.15) is 0 Å². The third-order valence-corrected chi connectivity index (χ3v) is 5.64. The zero-order valence-electron chi connectivity index (χ0n) is 14.9. The van der Waals surface area contributed by atoms with Crippen LogP contribution >= 0.6 is 23.4 Å². The lowest BCUT2D eigenvalue weighted by molar-refractivity contribution is -0.113. The molecule has 8 heteroatoms. The van der Waals surface area contributed by atoms with Gasteiger partial charge in [0.2, 0.25) is 5.91 Å². The van der Waals surface area contributed by atoms with Gasteiger partial charge < -0.3 is 19.9 Å². The molecular weight excluding hydrogens is 398 g/mol. The van der Waals surface area contributed by atoms with Crippen molar-refractivity contribution >= 4 is 46.6 Å². The minimum absolute atomic E-state index is 0.0602. The number of carbonyl (C=O) groups excluding carboxylic acids is 2. The first-order valence-corrected chi connectivity index (χ1v) is 9.80. The Morgan fingerprint density at radius 1 is 1.25 bits per heavy atom. The number of amides is 2. The van der Waals surface area contributed by atoms with Gasteiger partial charge in [-0.05, 0) is 36.4 Å². The summed E-state index contributed by atoms with van der Waals surface area (Å²) in [7, 11) is 1.51. The van der Waals surface area contributed by atoms with Crippen LogP contribution in [0.25, 0.3) is 5.69 Å². The molecule has 28 heavy (non-hydrogen) atoms. The SMILES string of the molecule is COc1cc(-n2cccc2)c(Cl)cc1C(=O)Nc1ccc2c(c1)NC(=O)CS2. The van der Waals surface area contributed by atoms with Crippen molar-refractivity contribution in [3.63, 3.8) is 0 Å². The van der Waals surface area contributed by atoms with Gasteiger partial charge in [0.25, 0.3) is 5.91 Å². The largest absolute Gasteiger partial charge is 0.496 e. The van der Waals surface area contributed by atoms with E-state index in [1.165, 1.54) is 18.9 Å². The van der Waals surface area contributed by atoms with Gasteiger partial charge in [0.05, 0.1) is 34.8 Å². The molecule has 1 aliphatic rings. The highest BCUT2D eigenvalue weighted by Crippen LogP contribution is 2.34. The number of nitrogens with one attached hydrogen (secondary N) is 2. The quantitative estimate of drug-likeness (QED) is 0.663. The Morgan fingerprint density at radius 2 is 2.04 bits per heavy atom. The van der Waals surface area contributed by atoms with Crippen molar-refractivity contribution in [2.45, 2.75) is 4.90 Å². The molecule has 0 radical (unpaired) electrons. The molecule has 0 saturated heterocycles. The van der Waals surface area contributed by atoms with Crippen LogP contribution in [0.4, 0.5) is 11.4 Å². The fourth-order valence-corrected chi connectivity index (χ4v) is 3.99. The number of ether oxygens (including phenoxy) is 1. The molecular formula is C20H16ClN3O3S. The molecule has 1 aromatic heterocycles. The molecule has 0 saturated carbocycles. The molecule has 0 atom stereocenters. The maximum atomic E-state index is 12.8. The first-order chi connectivity index (χ1) is 13.5. The molecule has 0 unspecified atom stereocenters. The van der Waals surface area contributed by atoms with Gasteiger partial charge in [0.15, 0.2) is 0 Å². The Balaban J connectivity index is 1.62. The van der Waals surface area contributed by atoms with E-state index in [4.69, 9.17) is 16.3 Å². The average Bonchev–Trinajstić information content (AvgIpc) is 3.22. The molecule has 0 aliphatic carbocycles. The van der Waals surface area contributed by atoms with Crippen molar-refractivity contribution in [3.05, 3.63) is 65.4 Å². The lowest BCUT2D eigenvalue weighted by Gasteiger charge is -2.18. The predicted molar refractivity (Wildman–Crippen MR) is 111 cm³/mol. The molecule has 3 aromatic rings. The van der Waals surface area contributed by atoms with Gasteiger partial charge in [-0.25, -0.2) is 0 Å². The minimum Gasteiger partial charge on any atom is -0.496 e. The number of aromatic nitrogens is 1. The number of nitrogens with zero attached hydrogens (tertiary/aromatic N) is 1. The molecule has 1 aliphatic heterocycles. The van der Waals surface area contributed by atoms with Crippen LogP contribution in [0.15, 0.2) is 59.8 Å². The van der Waals surface area contributed by atoms with Crippen molar-refractivity contribution in [1.82, 2.24) is 4.57 Å². The summed E-state index contributed by atoms with van der Waals surface area (Å²) in [6.07, 6.45) is 3.72. The Bertz CT molecular complexity index is 1070. The third-order valence-electron chi connectivity index (χ3n) is 4.27. The summed E-state index contributed by atoms with van der Waals surface area (Å²) in [6.45, 7) is 0. The van der Waals surface area contributed by atoms with Crippen molar-refractivity contribution in [1.29, 1.82) is 0 Å². The zero-order valence-corrected chi connectivity index (χ0v) is 16.4. The Labute approximate surface area is 170 Å². The smallest absolute Gasteiger partial charge is 0.259 e. The Morgan fingerprint density at radius 3 is 2.79 bits per heavy atom. The van der Waals surface area contributed by atoms with E-state index in [2.05, 4.69) is 10.6 Å². The number of halogens is 1. The average molecular weight is 414 g/mol. The topological polar surface area (TPSA) is 72.4 Å². The first kappa shape index (κ1) is 18.5. The second kappa shape index (κ2) is 7.61. The number of methoxy groups -OCH3 is 1. The molecule has 2 amide bonds. The number of hydrogen-bond acceptors (Lipinski definition) is 4. The standard InChI is InChI=1S/C20H16ClN3O3S/c1-27-17-10-16(24-6-2-3-7-24)14(21)9-13(17)20(26)22-12-4-5-18-15(8-12)23-19(25)11-28-18/h2-10H,11H2,1H3,(H,22,26)(H,23,25). The first-order valence-electron chi connectivity index (χ1n) is 8.44. The maximum absolute atomic E-state index is 12.8. The number of anilines is 2. The van der Waals surface area contributed by atoms with Crippen LogP contribution in [0.1, 0.15) is 10.4 Å². The van der Waals surface area contributed by atoms with E-state index in [1.54, 1.807) is 24.3 Å². The van der Waals surface area contributed by atoms with Gasteiger partial charge in [0.1, 0.15) is 5.75 Å². The van der Waals surface area contributed by atoms with Gasteiger partial charge >= 0.3 is 0 Å². The van der Waals surface area contributed by atoms with Crippen LogP contribution in [-0.2, 0) is 4.79 Å². The molecule has 0 bridgehead atoms. The van der Waals surface area contributed by atoms with Crippen molar-refractivity contribution < 1.29 is 14.3 Å². The molecule has 2 aromatic carbocycles. The van der Waals surface area contributed by atoms with Crippen LogP contribution in [0.3, 0.4) is 0 Å². The summed E-state index contributed by atoms with van der Waals surface area (Å²) in [5.41, 5.74) is 2.29. The summed E-state index contributed by atoms with van der Waals surface area (Å²) in [4.78, 5) is 25.4. The van der Waals surface area contributed by atoms with E-state index in [0.29, 0.717) is 39.2 Å². The summed E-state index contributed by atoms with van der Waals surface area (Å²) in [6, 6.07) is 12.5. The molecule has 4 rings (SSSR count). The van der Waals surface area contributed by atoms with Crippen LogP contribution in [0.5, 0.6) is 5.75 Å². The maximum Gasteiger partial charge on any atom is 0.259 e. The number of hydrogen-bond donors (Lipinski definition) is 2. The summed E-state index contributed by atoms with van der Waals surface area (Å²) < 4.78 is 7.25. The third kappa shape index (κ3) is 3.58. The molecule has 6 nitrogen and oxygen atoms in total. The van der Waals surface area contributed by atoms with Crippen LogP contribution in [0, 0.1) is 0 Å². The van der Waals surface area contributed by atoms with Crippen LogP contribution in [0.2, 0.25) is 5.02 Å². The van der Waals surface area contributed by atoms with E-state index < -0.39 is 0 Å². The monoisotopic (exact) mass is 413 g/mol. The van der Waals surface area contributed by atoms with Crippen molar-refractivity contribution in [2.24, 2.45) is 0 Å². The summed E-state index contributed by atoms with van der Waals surface area (Å²) in [5, 5.41) is 6.07. The van der Waals surface area contributed by atoms with Crippen molar-refractivity contribution in [3.8, 4) is 11.4 Å². The van der Waals surface area contributed by atoms with Gasteiger partial charge in [-0.1, -0.05) is 11.6 Å². The van der Waals surface area contributed by atoms with Crippen LogP contribution < -0.4 is 15.4 Å². The van der Waals surface area contributed by atoms with Gasteiger partial charge in [-0.15, -0.1) is 11.8 Å². The van der Waals surface area contributed by atoms with Crippen LogP contribution in [-0.4, -0.2) is 29.2 Å². The number of benzene rings is 2. The van der Waals surface area contributed by atoms with E-state index >= 15 is 0 Å². The highest BCUT2D eigenvalue weighted by atomic mass is 35.5. The fraction of sp³-hybridized carbons (Fsp3) is 0.100. The van der Waals surface area contributed by atoms with Crippen molar-refractivity contribution in [2.75, 3.05) is 23.5 Å². The summed E-state index contributed by atoms with van der Waals surface area (Å²) in [5.74, 6) is 0.386. The number of thioether (sulfide) groups is 1. The molecule has 2 N–H and O–H groups in total. The second-order valence-electron chi connectivity index (χ2n) is 6.10. The van der Waals surface area contributed by atoms with E-state index in [0.717, 1.165) is 4.90 Å². The molecule has 0 spiro atoms. The van der Waals surface area contributed by atoms with E-state index in [-0.39, 0.29) is 11.8 Å². The number of rotatable bonds is 4. The Kier molecular flexibility index (Phi) is 5.02. The highest BCUT2D eigenvalue weighted by molar-refractivity contribution is 8.00. The van der Waals surface area contributed by atoms with Gasteiger partial charge in [0, 0.05) is 29.0 Å². The lowest BCUT2D eigenvalue weighted by atomic mass is 10.1. The summed E-state index contributed by atoms with van der Waals surface area (Å²) >= 11 is 7.87. The van der Waals surface area contributed by atoms with E-state index in [9.17, 15) is 9.59 Å². The molecule has 2 heterocycles. The lowest BCUT2D eigenvalue weighted by Crippen LogP contribution is -2.19. The van der Waals surface area contributed by atoms with Gasteiger partial charge in [-0.3, -0.25) is 9.59 Å². The predicted octanol–water partition coefficient (Wildman–Crippen LogP) is 4.44. The fourth-order valence-electron chi connectivity index (χ4n) is 2.94. The van der Waals surface area contributed by atoms with E-state index in [1.807, 2.05) is 35.2 Å². The normalized spacial score (nSPS) is 12.9. The minimum atomic E-state index is -0.354. The number of carbonyl (C=O) groups is 2. The zero-order chi connectivity index (χ0) is 19.7. The molecule has 0 fully saturated rings. The second-order valence-corrected chi connectivity index (χ2v) is 7.52. The highest BCUT2D eigenvalue weighted by Gasteiger charge is 2.19. The molecule has 142 valence electrons.